The Morgan fingerprint density at radius 3 is 1.42 bits per heavy atom. The maximum absolute atomic E-state index is 12.6. The SMILES string of the molecule is Cc1ccc(C(=O)c2ccc(CCCCCCCCCCCCCCCC(=O)O)cc2)cc1. The van der Waals surface area contributed by atoms with Crippen LogP contribution in [0.5, 0.6) is 0 Å². The standard InChI is InChI=1S/C30H42O3/c1-25-17-21-27(22-18-25)30(33)28-23-19-26(20-24-28)15-13-11-9-7-5-3-2-4-6-8-10-12-14-16-29(31)32/h17-24H,2-16H2,1H3,(H,31,32). The van der Waals surface area contributed by atoms with Crippen LogP contribution in [0.3, 0.4) is 0 Å². The summed E-state index contributed by atoms with van der Waals surface area (Å²) in [5, 5.41) is 8.61. The van der Waals surface area contributed by atoms with Gasteiger partial charge in [-0.1, -0.05) is 125 Å². The number of hydrogen-bond donors (Lipinski definition) is 1. The number of hydrogen-bond acceptors (Lipinski definition) is 2. The number of ketones is 1. The van der Waals surface area contributed by atoms with Crippen LogP contribution >= 0.6 is 0 Å². The molecule has 2 aromatic carbocycles. The Kier molecular flexibility index (Phi) is 13.2. The van der Waals surface area contributed by atoms with Crippen molar-refractivity contribution in [3.8, 4) is 0 Å². The maximum Gasteiger partial charge on any atom is 0.303 e. The lowest BCUT2D eigenvalue weighted by Crippen LogP contribution is -2.01. The summed E-state index contributed by atoms with van der Waals surface area (Å²) in [5.41, 5.74) is 4.00. The summed E-state index contributed by atoms with van der Waals surface area (Å²) in [4.78, 5) is 23.0. The molecule has 0 fully saturated rings. The van der Waals surface area contributed by atoms with Gasteiger partial charge in [0, 0.05) is 17.5 Å². The minimum absolute atomic E-state index is 0.0947. The van der Waals surface area contributed by atoms with Crippen molar-refractivity contribution in [3.05, 3.63) is 70.8 Å². The van der Waals surface area contributed by atoms with Crippen molar-refractivity contribution in [2.45, 2.75) is 103 Å². The summed E-state index contributed by atoms with van der Waals surface area (Å²) in [6, 6.07) is 15.9. The van der Waals surface area contributed by atoms with Crippen molar-refractivity contribution >= 4 is 11.8 Å². The van der Waals surface area contributed by atoms with Gasteiger partial charge >= 0.3 is 5.97 Å². The van der Waals surface area contributed by atoms with E-state index < -0.39 is 5.97 Å². The zero-order valence-corrected chi connectivity index (χ0v) is 20.5. The van der Waals surface area contributed by atoms with Gasteiger partial charge in [-0.05, 0) is 31.7 Å². The molecule has 0 amide bonds. The molecule has 0 radical (unpaired) electrons. The summed E-state index contributed by atoms with van der Waals surface area (Å²) < 4.78 is 0. The van der Waals surface area contributed by atoms with Crippen LogP contribution in [0.1, 0.15) is 117 Å². The lowest BCUT2D eigenvalue weighted by molar-refractivity contribution is -0.137. The molecule has 0 unspecified atom stereocenters. The highest BCUT2D eigenvalue weighted by atomic mass is 16.4. The largest absolute Gasteiger partial charge is 0.481 e. The lowest BCUT2D eigenvalue weighted by Gasteiger charge is -2.05. The Morgan fingerprint density at radius 2 is 0.970 bits per heavy atom. The second kappa shape index (κ2) is 16.2. The number of carbonyl (C=O) groups is 2. The first-order chi connectivity index (χ1) is 16.1. The Hall–Kier alpha value is -2.42. The Labute approximate surface area is 200 Å². The van der Waals surface area contributed by atoms with Gasteiger partial charge in [0.2, 0.25) is 0 Å². The van der Waals surface area contributed by atoms with E-state index in [1.54, 1.807) is 0 Å². The van der Waals surface area contributed by atoms with Gasteiger partial charge in [-0.25, -0.2) is 0 Å². The molecule has 0 heterocycles. The highest BCUT2D eigenvalue weighted by Gasteiger charge is 2.08. The molecule has 0 aliphatic carbocycles. The third-order valence-electron chi connectivity index (χ3n) is 6.39. The van der Waals surface area contributed by atoms with E-state index in [1.807, 2.05) is 43.3 Å². The number of aryl methyl sites for hydroxylation is 2. The minimum Gasteiger partial charge on any atom is -0.481 e. The van der Waals surface area contributed by atoms with Gasteiger partial charge in [0.25, 0.3) is 0 Å². The number of rotatable bonds is 18. The van der Waals surface area contributed by atoms with Gasteiger partial charge in [0.05, 0.1) is 0 Å². The highest BCUT2D eigenvalue weighted by Crippen LogP contribution is 2.16. The molecule has 3 nitrogen and oxygen atoms in total. The first-order valence-electron chi connectivity index (χ1n) is 13.0. The van der Waals surface area contributed by atoms with Gasteiger partial charge in [-0.15, -0.1) is 0 Å². The van der Waals surface area contributed by atoms with Crippen molar-refractivity contribution in [1.82, 2.24) is 0 Å². The van der Waals surface area contributed by atoms with E-state index in [2.05, 4.69) is 12.1 Å². The van der Waals surface area contributed by atoms with Gasteiger partial charge in [-0.2, -0.15) is 0 Å². The van der Waals surface area contributed by atoms with Crippen LogP contribution in [0, 0.1) is 6.92 Å². The van der Waals surface area contributed by atoms with Crippen molar-refractivity contribution < 1.29 is 14.7 Å². The summed E-state index contributed by atoms with van der Waals surface area (Å²) in [5.74, 6) is -0.576. The lowest BCUT2D eigenvalue weighted by atomic mass is 9.99. The fourth-order valence-electron chi connectivity index (χ4n) is 4.24. The summed E-state index contributed by atoms with van der Waals surface area (Å²) >= 11 is 0. The number of benzene rings is 2. The van der Waals surface area contributed by atoms with Crippen molar-refractivity contribution in [3.63, 3.8) is 0 Å². The van der Waals surface area contributed by atoms with E-state index >= 15 is 0 Å². The van der Waals surface area contributed by atoms with Crippen molar-refractivity contribution in [1.29, 1.82) is 0 Å². The zero-order valence-electron chi connectivity index (χ0n) is 20.5. The third-order valence-corrected chi connectivity index (χ3v) is 6.39. The molecular weight excluding hydrogens is 408 g/mol. The van der Waals surface area contributed by atoms with E-state index in [4.69, 9.17) is 5.11 Å². The quantitative estimate of drug-likeness (QED) is 0.183. The van der Waals surface area contributed by atoms with Crippen LogP contribution in [0.25, 0.3) is 0 Å². The average molecular weight is 451 g/mol. The molecule has 2 rings (SSSR count). The molecular formula is C30H42O3. The number of aliphatic carboxylic acids is 1. The number of unbranched alkanes of at least 4 members (excludes halogenated alkanes) is 12. The fraction of sp³-hybridized carbons (Fsp3) is 0.533. The molecule has 0 aliphatic heterocycles. The second-order valence-electron chi connectivity index (χ2n) is 9.38. The number of carboxylic acid groups (broad SMARTS) is 1. The molecule has 0 bridgehead atoms. The highest BCUT2D eigenvalue weighted by molar-refractivity contribution is 6.08. The summed E-state index contributed by atoms with van der Waals surface area (Å²) in [7, 11) is 0. The Morgan fingerprint density at radius 1 is 0.576 bits per heavy atom. The van der Waals surface area contributed by atoms with Crippen LogP contribution in [0.4, 0.5) is 0 Å². The van der Waals surface area contributed by atoms with Crippen LogP contribution in [0.15, 0.2) is 48.5 Å². The van der Waals surface area contributed by atoms with E-state index in [0.29, 0.717) is 6.42 Å². The van der Waals surface area contributed by atoms with Crippen molar-refractivity contribution in [2.75, 3.05) is 0 Å². The molecule has 3 heteroatoms. The molecule has 33 heavy (non-hydrogen) atoms. The maximum atomic E-state index is 12.6. The van der Waals surface area contributed by atoms with Crippen LogP contribution in [0.2, 0.25) is 0 Å². The Balaban J connectivity index is 1.44. The third kappa shape index (κ3) is 11.8. The van der Waals surface area contributed by atoms with Gasteiger partial charge in [0.1, 0.15) is 0 Å². The molecule has 0 aromatic heterocycles. The molecule has 0 saturated carbocycles. The first kappa shape index (κ1) is 26.8. The Bertz CT molecular complexity index is 805. The molecule has 2 aromatic rings. The topological polar surface area (TPSA) is 54.4 Å². The van der Waals surface area contributed by atoms with E-state index in [1.165, 1.54) is 81.8 Å². The summed E-state index contributed by atoms with van der Waals surface area (Å²) in [6.45, 7) is 2.03. The van der Waals surface area contributed by atoms with Gasteiger partial charge in [0.15, 0.2) is 5.78 Å². The normalized spacial score (nSPS) is 10.9. The first-order valence-corrected chi connectivity index (χ1v) is 13.0. The fourth-order valence-corrected chi connectivity index (χ4v) is 4.24. The molecule has 0 saturated heterocycles. The number of carbonyl (C=O) groups excluding carboxylic acids is 1. The molecule has 0 atom stereocenters. The smallest absolute Gasteiger partial charge is 0.303 e. The van der Waals surface area contributed by atoms with E-state index in [0.717, 1.165) is 30.4 Å². The van der Waals surface area contributed by atoms with Crippen molar-refractivity contribution in [2.24, 2.45) is 0 Å². The van der Waals surface area contributed by atoms with Crippen LogP contribution in [-0.2, 0) is 11.2 Å². The second-order valence-corrected chi connectivity index (χ2v) is 9.38. The predicted octanol–water partition coefficient (Wildman–Crippen LogP) is 8.31. The van der Waals surface area contributed by atoms with E-state index in [-0.39, 0.29) is 5.78 Å². The molecule has 1 N–H and O–H groups in total. The average Bonchev–Trinajstić information content (AvgIpc) is 2.82. The van der Waals surface area contributed by atoms with E-state index in [9.17, 15) is 9.59 Å². The van der Waals surface area contributed by atoms with Crippen LogP contribution < -0.4 is 0 Å². The summed E-state index contributed by atoms with van der Waals surface area (Å²) in [6.07, 6.45) is 17.5. The van der Waals surface area contributed by atoms with Crippen LogP contribution in [-0.4, -0.2) is 16.9 Å². The monoisotopic (exact) mass is 450 g/mol. The van der Waals surface area contributed by atoms with Gasteiger partial charge in [-0.3, -0.25) is 9.59 Å². The zero-order chi connectivity index (χ0) is 23.7. The van der Waals surface area contributed by atoms with Gasteiger partial charge < -0.3 is 5.11 Å². The molecule has 0 aliphatic rings. The minimum atomic E-state index is -0.670. The molecule has 180 valence electrons. The number of carboxylic acids is 1. The molecule has 0 spiro atoms. The predicted molar refractivity (Wildman–Crippen MR) is 137 cm³/mol.